The second-order valence-corrected chi connectivity index (χ2v) is 6.54. The van der Waals surface area contributed by atoms with E-state index in [0.29, 0.717) is 6.01 Å². The summed E-state index contributed by atoms with van der Waals surface area (Å²) in [4.78, 5) is 11.2. The third-order valence-corrected chi connectivity index (χ3v) is 4.77. The molecule has 3 aromatic rings. The van der Waals surface area contributed by atoms with E-state index in [1.54, 1.807) is 0 Å². The van der Waals surface area contributed by atoms with Crippen molar-refractivity contribution in [3.05, 3.63) is 42.9 Å². The monoisotopic (exact) mass is 322 g/mol. The van der Waals surface area contributed by atoms with Crippen molar-refractivity contribution in [3.63, 3.8) is 0 Å². The van der Waals surface area contributed by atoms with Gasteiger partial charge in [-0.1, -0.05) is 18.2 Å². The van der Waals surface area contributed by atoms with Crippen LogP contribution in [0.3, 0.4) is 0 Å². The molecule has 5 nitrogen and oxygen atoms in total. The van der Waals surface area contributed by atoms with Crippen molar-refractivity contribution in [3.8, 4) is 17.1 Å². The van der Waals surface area contributed by atoms with Gasteiger partial charge in [-0.25, -0.2) is 9.97 Å². The molecule has 1 aliphatic heterocycles. The van der Waals surface area contributed by atoms with E-state index in [1.165, 1.54) is 10.9 Å². The van der Waals surface area contributed by atoms with E-state index < -0.39 is 0 Å². The second kappa shape index (κ2) is 6.24. The van der Waals surface area contributed by atoms with E-state index in [9.17, 15) is 0 Å². The summed E-state index contributed by atoms with van der Waals surface area (Å²) < 4.78 is 8.07. The zero-order chi connectivity index (χ0) is 16.5. The second-order valence-electron chi connectivity index (χ2n) is 6.54. The Kier molecular flexibility index (Phi) is 3.94. The van der Waals surface area contributed by atoms with E-state index in [0.717, 1.165) is 37.1 Å². The van der Waals surface area contributed by atoms with Gasteiger partial charge in [0.15, 0.2) is 0 Å². The summed E-state index contributed by atoms with van der Waals surface area (Å²) in [6, 6.07) is 8.90. The van der Waals surface area contributed by atoms with Crippen molar-refractivity contribution in [2.75, 3.05) is 20.1 Å². The van der Waals surface area contributed by atoms with Crippen LogP contribution in [0.5, 0.6) is 6.01 Å². The Balaban J connectivity index is 1.56. The van der Waals surface area contributed by atoms with Crippen molar-refractivity contribution in [2.45, 2.75) is 18.9 Å². The molecule has 24 heavy (non-hydrogen) atoms. The summed E-state index contributed by atoms with van der Waals surface area (Å²) in [5, 5.41) is 1.22. The molecule has 0 spiro atoms. The van der Waals surface area contributed by atoms with Gasteiger partial charge in [-0.3, -0.25) is 0 Å². The van der Waals surface area contributed by atoms with Crippen LogP contribution < -0.4 is 4.74 Å². The van der Waals surface area contributed by atoms with Crippen LogP contribution in [0, 0.1) is 0 Å². The highest BCUT2D eigenvalue weighted by Gasteiger charge is 2.19. The van der Waals surface area contributed by atoms with Gasteiger partial charge in [-0.15, -0.1) is 0 Å². The van der Waals surface area contributed by atoms with Crippen molar-refractivity contribution >= 4 is 10.9 Å². The van der Waals surface area contributed by atoms with Crippen LogP contribution in [0.1, 0.15) is 12.8 Å². The molecule has 1 fully saturated rings. The summed E-state index contributed by atoms with van der Waals surface area (Å²) in [6.07, 6.45) is 8.09. The number of rotatable bonds is 3. The van der Waals surface area contributed by atoms with Gasteiger partial charge in [0.1, 0.15) is 6.10 Å². The smallest absolute Gasteiger partial charge is 0.316 e. The normalized spacial score (nSPS) is 16.6. The quantitative estimate of drug-likeness (QED) is 0.743. The van der Waals surface area contributed by atoms with Crippen molar-refractivity contribution in [1.29, 1.82) is 0 Å². The highest BCUT2D eigenvalue weighted by molar-refractivity contribution is 5.94. The molecular weight excluding hydrogens is 300 g/mol. The lowest BCUT2D eigenvalue weighted by Crippen LogP contribution is -2.35. The Morgan fingerprint density at radius 1 is 1.04 bits per heavy atom. The van der Waals surface area contributed by atoms with E-state index in [2.05, 4.69) is 64.0 Å². The Morgan fingerprint density at radius 2 is 1.79 bits per heavy atom. The molecule has 0 aliphatic carbocycles. The van der Waals surface area contributed by atoms with Crippen LogP contribution >= 0.6 is 0 Å². The van der Waals surface area contributed by atoms with Gasteiger partial charge in [0, 0.05) is 55.2 Å². The van der Waals surface area contributed by atoms with Crippen LogP contribution in [-0.2, 0) is 7.05 Å². The van der Waals surface area contributed by atoms with E-state index >= 15 is 0 Å². The van der Waals surface area contributed by atoms with Crippen LogP contribution in [-0.4, -0.2) is 45.7 Å². The first-order valence-electron chi connectivity index (χ1n) is 8.42. The first-order valence-corrected chi connectivity index (χ1v) is 8.42. The molecule has 0 N–H and O–H groups in total. The summed E-state index contributed by atoms with van der Waals surface area (Å²) in [5.41, 5.74) is 3.36. The molecule has 3 heterocycles. The molecule has 4 rings (SSSR count). The third kappa shape index (κ3) is 2.87. The molecule has 1 saturated heterocycles. The molecule has 2 aromatic heterocycles. The summed E-state index contributed by atoms with van der Waals surface area (Å²) in [5.74, 6) is 0. The van der Waals surface area contributed by atoms with Crippen molar-refractivity contribution in [2.24, 2.45) is 7.05 Å². The largest absolute Gasteiger partial charge is 0.460 e. The van der Waals surface area contributed by atoms with Crippen molar-refractivity contribution in [1.82, 2.24) is 19.4 Å². The van der Waals surface area contributed by atoms with Crippen LogP contribution in [0.25, 0.3) is 22.0 Å². The lowest BCUT2D eigenvalue weighted by molar-refractivity contribution is 0.105. The minimum Gasteiger partial charge on any atom is -0.460 e. The fraction of sp³-hybridized carbons (Fsp3) is 0.368. The maximum absolute atomic E-state index is 5.94. The molecule has 5 heteroatoms. The SMILES string of the molecule is CN1CCC(Oc2ncc(-c3cccc4ccn(C)c34)cn2)CC1. The summed E-state index contributed by atoms with van der Waals surface area (Å²) >= 11 is 0. The number of aromatic nitrogens is 3. The fourth-order valence-corrected chi connectivity index (χ4v) is 3.36. The molecule has 0 atom stereocenters. The number of aryl methyl sites for hydroxylation is 1. The molecule has 0 saturated carbocycles. The maximum atomic E-state index is 5.94. The highest BCUT2D eigenvalue weighted by Crippen LogP contribution is 2.28. The van der Waals surface area contributed by atoms with E-state index in [4.69, 9.17) is 4.74 Å². The minimum absolute atomic E-state index is 0.225. The number of para-hydroxylation sites is 1. The number of piperidine rings is 1. The lowest BCUT2D eigenvalue weighted by atomic mass is 10.1. The molecule has 124 valence electrons. The summed E-state index contributed by atoms with van der Waals surface area (Å²) in [7, 11) is 4.20. The average molecular weight is 322 g/mol. The Hall–Kier alpha value is -2.40. The van der Waals surface area contributed by atoms with Gasteiger partial charge < -0.3 is 14.2 Å². The standard InChI is InChI=1S/C19H22N4O/c1-22-9-7-16(8-10-22)24-19-20-12-15(13-21-19)17-5-3-4-14-6-11-23(2)18(14)17/h3-6,11-13,16H,7-10H2,1-2H3. The number of benzene rings is 1. The first kappa shape index (κ1) is 15.1. The summed E-state index contributed by atoms with van der Waals surface area (Å²) in [6.45, 7) is 2.14. The molecule has 0 bridgehead atoms. The van der Waals surface area contributed by atoms with Crippen LogP contribution in [0.15, 0.2) is 42.9 Å². The Bertz CT molecular complexity index is 832. The first-order chi connectivity index (χ1) is 11.7. The molecule has 0 radical (unpaired) electrons. The molecule has 1 aromatic carbocycles. The average Bonchev–Trinajstić information content (AvgIpc) is 2.99. The fourth-order valence-electron chi connectivity index (χ4n) is 3.36. The van der Waals surface area contributed by atoms with Gasteiger partial charge in [0.2, 0.25) is 0 Å². The van der Waals surface area contributed by atoms with Gasteiger partial charge >= 0.3 is 6.01 Å². The van der Waals surface area contributed by atoms with Crippen LogP contribution in [0.2, 0.25) is 0 Å². The molecule has 0 unspecified atom stereocenters. The molecule has 0 amide bonds. The number of nitrogens with zero attached hydrogens (tertiary/aromatic N) is 4. The van der Waals surface area contributed by atoms with Gasteiger partial charge in [-0.05, 0) is 26.0 Å². The lowest BCUT2D eigenvalue weighted by Gasteiger charge is -2.28. The maximum Gasteiger partial charge on any atom is 0.316 e. The van der Waals surface area contributed by atoms with Crippen LogP contribution in [0.4, 0.5) is 0 Å². The van der Waals surface area contributed by atoms with Gasteiger partial charge in [0.25, 0.3) is 0 Å². The van der Waals surface area contributed by atoms with Gasteiger partial charge in [0.05, 0.1) is 5.52 Å². The van der Waals surface area contributed by atoms with E-state index in [-0.39, 0.29) is 6.10 Å². The zero-order valence-corrected chi connectivity index (χ0v) is 14.1. The Morgan fingerprint density at radius 3 is 2.54 bits per heavy atom. The number of hydrogen-bond acceptors (Lipinski definition) is 4. The highest BCUT2D eigenvalue weighted by atomic mass is 16.5. The third-order valence-electron chi connectivity index (χ3n) is 4.77. The number of likely N-dealkylation sites (tertiary alicyclic amines) is 1. The predicted molar refractivity (Wildman–Crippen MR) is 95.1 cm³/mol. The predicted octanol–water partition coefficient (Wildman–Crippen LogP) is 3.11. The molecule has 1 aliphatic rings. The molecular formula is C19H22N4O. The Labute approximate surface area is 141 Å². The number of ether oxygens (including phenoxy) is 1. The minimum atomic E-state index is 0.225. The zero-order valence-electron chi connectivity index (χ0n) is 14.1. The topological polar surface area (TPSA) is 43.2 Å². The van der Waals surface area contributed by atoms with Gasteiger partial charge in [-0.2, -0.15) is 0 Å². The number of hydrogen-bond donors (Lipinski definition) is 0. The number of fused-ring (bicyclic) bond motifs is 1. The van der Waals surface area contributed by atoms with Crippen molar-refractivity contribution < 1.29 is 4.74 Å². The van der Waals surface area contributed by atoms with E-state index in [1.807, 2.05) is 12.4 Å².